The first-order valence-electron chi connectivity index (χ1n) is 6.45. The highest BCUT2D eigenvalue weighted by molar-refractivity contribution is 5.70. The molecule has 1 saturated heterocycles. The van der Waals surface area contributed by atoms with Crippen LogP contribution in [0.1, 0.15) is 33.6 Å². The Morgan fingerprint density at radius 3 is 2.58 bits per heavy atom. The maximum atomic E-state index is 11.8. The van der Waals surface area contributed by atoms with E-state index in [1.165, 1.54) is 7.11 Å². The topological polar surface area (TPSA) is 76.1 Å². The van der Waals surface area contributed by atoms with E-state index < -0.39 is 17.7 Å². The third kappa shape index (κ3) is 5.06. The Morgan fingerprint density at radius 1 is 1.42 bits per heavy atom. The van der Waals surface area contributed by atoms with Crippen molar-refractivity contribution in [3.8, 4) is 0 Å². The van der Waals surface area contributed by atoms with E-state index in [4.69, 9.17) is 4.74 Å². The summed E-state index contributed by atoms with van der Waals surface area (Å²) in [5.74, 6) is -0.546. The summed E-state index contributed by atoms with van der Waals surface area (Å²) < 4.78 is 9.78. The maximum absolute atomic E-state index is 11.8. The number of likely N-dealkylation sites (tertiary alicyclic amines) is 1. The van der Waals surface area contributed by atoms with Crippen molar-refractivity contribution in [3.05, 3.63) is 0 Å². The average molecular weight is 273 g/mol. The third-order valence-corrected chi connectivity index (χ3v) is 3.02. The SMILES string of the molecule is COC(=O)C[C@H](O)C1CCN(C(=O)OC(C)(C)C)C1. The van der Waals surface area contributed by atoms with Gasteiger partial charge in [-0.2, -0.15) is 0 Å². The number of aliphatic hydroxyl groups is 1. The van der Waals surface area contributed by atoms with Gasteiger partial charge < -0.3 is 19.5 Å². The van der Waals surface area contributed by atoms with E-state index in [-0.39, 0.29) is 18.4 Å². The predicted molar refractivity (Wildman–Crippen MR) is 68.6 cm³/mol. The number of esters is 1. The lowest BCUT2D eigenvalue weighted by atomic mass is 9.99. The summed E-state index contributed by atoms with van der Waals surface area (Å²) in [4.78, 5) is 24.5. The van der Waals surface area contributed by atoms with Gasteiger partial charge in [-0.15, -0.1) is 0 Å². The van der Waals surface area contributed by atoms with Crippen molar-refractivity contribution >= 4 is 12.1 Å². The second-order valence-electron chi connectivity index (χ2n) is 5.82. The molecule has 2 atom stereocenters. The van der Waals surface area contributed by atoms with E-state index in [1.54, 1.807) is 4.90 Å². The zero-order valence-corrected chi connectivity index (χ0v) is 12.0. The number of nitrogens with zero attached hydrogens (tertiary/aromatic N) is 1. The summed E-state index contributed by atoms with van der Waals surface area (Å²) in [6.45, 7) is 6.38. The number of rotatable bonds is 3. The number of hydrogen-bond acceptors (Lipinski definition) is 5. The van der Waals surface area contributed by atoms with E-state index in [9.17, 15) is 14.7 Å². The average Bonchev–Trinajstić information content (AvgIpc) is 2.75. The van der Waals surface area contributed by atoms with E-state index in [1.807, 2.05) is 20.8 Å². The van der Waals surface area contributed by atoms with Gasteiger partial charge in [0.2, 0.25) is 0 Å². The van der Waals surface area contributed by atoms with Crippen LogP contribution < -0.4 is 0 Å². The molecule has 1 N–H and O–H groups in total. The van der Waals surface area contributed by atoms with Gasteiger partial charge in [0.25, 0.3) is 0 Å². The van der Waals surface area contributed by atoms with Crippen molar-refractivity contribution in [1.29, 1.82) is 0 Å². The van der Waals surface area contributed by atoms with Gasteiger partial charge in [0.1, 0.15) is 5.60 Å². The molecule has 0 spiro atoms. The molecule has 0 aliphatic carbocycles. The van der Waals surface area contributed by atoms with Crippen LogP contribution in [0.5, 0.6) is 0 Å². The summed E-state index contributed by atoms with van der Waals surface area (Å²) in [7, 11) is 1.29. The molecule has 1 aliphatic rings. The number of carbonyl (C=O) groups excluding carboxylic acids is 2. The van der Waals surface area contributed by atoms with Crippen molar-refractivity contribution in [2.24, 2.45) is 5.92 Å². The van der Waals surface area contributed by atoms with Gasteiger partial charge in [0.05, 0.1) is 19.6 Å². The van der Waals surface area contributed by atoms with Gasteiger partial charge in [-0.3, -0.25) is 4.79 Å². The fourth-order valence-electron chi connectivity index (χ4n) is 2.01. The third-order valence-electron chi connectivity index (χ3n) is 3.02. The normalized spacial score (nSPS) is 21.1. The summed E-state index contributed by atoms with van der Waals surface area (Å²) in [5.41, 5.74) is -0.528. The molecular weight excluding hydrogens is 250 g/mol. The number of methoxy groups -OCH3 is 1. The monoisotopic (exact) mass is 273 g/mol. The van der Waals surface area contributed by atoms with Gasteiger partial charge in [0.15, 0.2) is 0 Å². The first kappa shape index (κ1) is 15.8. The summed E-state index contributed by atoms with van der Waals surface area (Å²) in [5, 5.41) is 9.90. The Kier molecular flexibility index (Phi) is 5.17. The first-order chi connectivity index (χ1) is 8.73. The molecule has 0 saturated carbocycles. The fraction of sp³-hybridized carbons (Fsp3) is 0.846. The molecule has 0 aromatic rings. The lowest BCUT2D eigenvalue weighted by Crippen LogP contribution is -2.36. The smallest absolute Gasteiger partial charge is 0.410 e. The zero-order chi connectivity index (χ0) is 14.6. The summed E-state index contributed by atoms with van der Waals surface area (Å²) in [6.07, 6.45) is -0.527. The Morgan fingerprint density at radius 2 is 2.05 bits per heavy atom. The Labute approximate surface area is 113 Å². The minimum absolute atomic E-state index is 0.0384. The molecule has 110 valence electrons. The van der Waals surface area contributed by atoms with Crippen LogP contribution in [0, 0.1) is 5.92 Å². The predicted octanol–water partition coefficient (Wildman–Crippen LogP) is 1.17. The molecular formula is C13H23NO5. The van der Waals surface area contributed by atoms with Gasteiger partial charge in [-0.05, 0) is 27.2 Å². The van der Waals surface area contributed by atoms with Gasteiger partial charge >= 0.3 is 12.1 Å². The largest absolute Gasteiger partial charge is 0.469 e. The molecule has 1 amide bonds. The number of carbonyl (C=O) groups is 2. The molecule has 0 bridgehead atoms. The van der Waals surface area contributed by atoms with Crippen molar-refractivity contribution in [3.63, 3.8) is 0 Å². The van der Waals surface area contributed by atoms with Crippen LogP contribution >= 0.6 is 0 Å². The number of hydrogen-bond donors (Lipinski definition) is 1. The van der Waals surface area contributed by atoms with Crippen LogP contribution in [0.15, 0.2) is 0 Å². The molecule has 1 unspecified atom stereocenters. The highest BCUT2D eigenvalue weighted by atomic mass is 16.6. The molecule has 1 heterocycles. The van der Waals surface area contributed by atoms with E-state index in [2.05, 4.69) is 4.74 Å². The second-order valence-corrected chi connectivity index (χ2v) is 5.82. The molecule has 6 nitrogen and oxygen atoms in total. The molecule has 1 rings (SSSR count). The van der Waals surface area contributed by atoms with Crippen LogP contribution in [0.25, 0.3) is 0 Å². The first-order valence-corrected chi connectivity index (χ1v) is 6.45. The van der Waals surface area contributed by atoms with Crippen LogP contribution in [-0.2, 0) is 14.3 Å². The van der Waals surface area contributed by atoms with Gasteiger partial charge in [0, 0.05) is 19.0 Å². The van der Waals surface area contributed by atoms with Crippen molar-refractivity contribution in [1.82, 2.24) is 4.90 Å². The zero-order valence-electron chi connectivity index (χ0n) is 12.0. The number of aliphatic hydroxyl groups excluding tert-OH is 1. The Hall–Kier alpha value is -1.30. The Balaban J connectivity index is 2.45. The molecule has 0 radical (unpaired) electrons. The molecule has 1 aliphatic heterocycles. The van der Waals surface area contributed by atoms with Crippen molar-refractivity contribution < 1.29 is 24.2 Å². The van der Waals surface area contributed by atoms with Gasteiger partial charge in [-0.1, -0.05) is 0 Å². The fourth-order valence-corrected chi connectivity index (χ4v) is 2.01. The highest BCUT2D eigenvalue weighted by Gasteiger charge is 2.34. The van der Waals surface area contributed by atoms with E-state index >= 15 is 0 Å². The van der Waals surface area contributed by atoms with Crippen LogP contribution in [0.4, 0.5) is 4.79 Å². The lowest BCUT2D eigenvalue weighted by Gasteiger charge is -2.24. The minimum Gasteiger partial charge on any atom is -0.469 e. The molecule has 0 aromatic heterocycles. The Bertz CT molecular complexity index is 336. The molecule has 0 aromatic carbocycles. The quantitative estimate of drug-likeness (QED) is 0.781. The molecule has 6 heteroatoms. The van der Waals surface area contributed by atoms with Crippen LogP contribution in [0.2, 0.25) is 0 Å². The minimum atomic E-state index is -0.778. The van der Waals surface area contributed by atoms with E-state index in [0.717, 1.165) is 0 Å². The molecule has 1 fully saturated rings. The van der Waals surface area contributed by atoms with Gasteiger partial charge in [-0.25, -0.2) is 4.79 Å². The van der Waals surface area contributed by atoms with Crippen LogP contribution in [-0.4, -0.2) is 54.0 Å². The standard InChI is InChI=1S/C13H23NO5/c1-13(2,3)19-12(17)14-6-5-9(8-14)10(15)7-11(16)18-4/h9-10,15H,5-8H2,1-4H3/t9?,10-/m0/s1. The van der Waals surface area contributed by atoms with Crippen LogP contribution in [0.3, 0.4) is 0 Å². The second kappa shape index (κ2) is 6.23. The highest BCUT2D eigenvalue weighted by Crippen LogP contribution is 2.23. The number of amides is 1. The summed E-state index contributed by atoms with van der Waals surface area (Å²) in [6, 6.07) is 0. The lowest BCUT2D eigenvalue weighted by molar-refractivity contribution is -0.143. The van der Waals surface area contributed by atoms with Crippen molar-refractivity contribution in [2.45, 2.75) is 45.3 Å². The van der Waals surface area contributed by atoms with Crippen molar-refractivity contribution in [2.75, 3.05) is 20.2 Å². The summed E-state index contributed by atoms with van der Waals surface area (Å²) >= 11 is 0. The van der Waals surface area contributed by atoms with E-state index in [0.29, 0.717) is 19.5 Å². The number of ether oxygens (including phenoxy) is 2. The maximum Gasteiger partial charge on any atom is 0.410 e. The molecule has 19 heavy (non-hydrogen) atoms.